The van der Waals surface area contributed by atoms with Crippen molar-refractivity contribution in [1.82, 2.24) is 5.32 Å². The molecule has 0 saturated carbocycles. The van der Waals surface area contributed by atoms with Crippen molar-refractivity contribution in [3.05, 3.63) is 34.3 Å². The lowest BCUT2D eigenvalue weighted by Crippen LogP contribution is -2.41. The van der Waals surface area contributed by atoms with E-state index in [1.54, 1.807) is 31.2 Å². The number of ether oxygens (including phenoxy) is 1. The molecule has 5 nitrogen and oxygen atoms in total. The fourth-order valence-corrected chi connectivity index (χ4v) is 1.52. The number of hydrogen-bond acceptors (Lipinski definition) is 4. The van der Waals surface area contributed by atoms with Crippen molar-refractivity contribution < 1.29 is 19.4 Å². The van der Waals surface area contributed by atoms with Crippen LogP contribution < -0.4 is 5.32 Å². The number of nitrogens with one attached hydrogen (secondary N) is 1. The van der Waals surface area contributed by atoms with Crippen molar-refractivity contribution in [1.29, 1.82) is 0 Å². The van der Waals surface area contributed by atoms with Crippen molar-refractivity contribution in [3.63, 3.8) is 0 Å². The van der Waals surface area contributed by atoms with Gasteiger partial charge in [-0.3, -0.25) is 4.79 Å². The molecule has 0 aliphatic heterocycles. The predicted molar refractivity (Wildman–Crippen MR) is 64.2 cm³/mol. The number of aliphatic hydroxyl groups is 1. The Labute approximate surface area is 107 Å². The van der Waals surface area contributed by atoms with Crippen molar-refractivity contribution in [3.8, 4) is 0 Å². The second kappa shape index (κ2) is 6.36. The Hall–Kier alpha value is -1.40. The Balaban J connectivity index is 2.63. The summed E-state index contributed by atoms with van der Waals surface area (Å²) in [6.07, 6.45) is -1.65. The second-order valence-electron chi connectivity index (χ2n) is 3.14. The molecule has 0 aromatic heterocycles. The molecule has 1 unspecified atom stereocenters. The highest BCUT2D eigenvalue weighted by atomic mass is 79.9. The van der Waals surface area contributed by atoms with Crippen LogP contribution in [-0.2, 0) is 9.53 Å². The Morgan fingerprint density at radius 1 is 1.53 bits per heavy atom. The lowest BCUT2D eigenvalue weighted by molar-refractivity contribution is -0.154. The smallest absolute Gasteiger partial charge is 0.356 e. The van der Waals surface area contributed by atoms with Crippen LogP contribution in [0.4, 0.5) is 0 Å². The molecule has 0 spiro atoms. The summed E-state index contributed by atoms with van der Waals surface area (Å²) in [6, 6.07) is 6.58. The minimum atomic E-state index is -1.65. The number of aliphatic hydroxyl groups excluding tert-OH is 1. The number of amides is 1. The van der Waals surface area contributed by atoms with E-state index in [0.29, 0.717) is 5.56 Å². The van der Waals surface area contributed by atoms with Crippen LogP contribution in [0.3, 0.4) is 0 Å². The number of esters is 1. The number of benzene rings is 1. The molecular formula is C11H12BrNO4. The quantitative estimate of drug-likeness (QED) is 0.644. The molecule has 92 valence electrons. The average Bonchev–Trinajstić information content (AvgIpc) is 2.29. The van der Waals surface area contributed by atoms with E-state index < -0.39 is 18.1 Å². The highest BCUT2D eigenvalue weighted by molar-refractivity contribution is 9.10. The molecular weight excluding hydrogens is 290 g/mol. The second-order valence-corrected chi connectivity index (χ2v) is 4.05. The van der Waals surface area contributed by atoms with Crippen LogP contribution in [0.5, 0.6) is 0 Å². The van der Waals surface area contributed by atoms with E-state index in [1.807, 2.05) is 0 Å². The molecule has 2 N–H and O–H groups in total. The van der Waals surface area contributed by atoms with Gasteiger partial charge in [-0.05, 0) is 25.1 Å². The molecule has 0 bridgehead atoms. The summed E-state index contributed by atoms with van der Waals surface area (Å²) in [6.45, 7) is 1.75. The molecule has 1 rings (SSSR count). The van der Waals surface area contributed by atoms with Gasteiger partial charge in [0.05, 0.1) is 6.61 Å². The summed E-state index contributed by atoms with van der Waals surface area (Å²) in [5.74, 6) is -1.43. The zero-order valence-electron chi connectivity index (χ0n) is 9.14. The molecule has 0 heterocycles. The molecule has 0 radical (unpaired) electrons. The number of halogens is 1. The van der Waals surface area contributed by atoms with Crippen LogP contribution >= 0.6 is 15.9 Å². The summed E-state index contributed by atoms with van der Waals surface area (Å²) in [5.41, 5.74) is 0.336. The van der Waals surface area contributed by atoms with Crippen LogP contribution in [0.1, 0.15) is 17.3 Å². The highest BCUT2D eigenvalue weighted by Gasteiger charge is 2.19. The zero-order chi connectivity index (χ0) is 12.8. The Morgan fingerprint density at radius 3 is 2.82 bits per heavy atom. The lowest BCUT2D eigenvalue weighted by atomic mass is 10.2. The fourth-order valence-electron chi connectivity index (χ4n) is 1.12. The van der Waals surface area contributed by atoms with Crippen molar-refractivity contribution in [2.45, 2.75) is 13.2 Å². The predicted octanol–water partition coefficient (Wildman–Crippen LogP) is 1.06. The van der Waals surface area contributed by atoms with Crippen molar-refractivity contribution in [2.75, 3.05) is 6.61 Å². The molecule has 1 atom stereocenters. The third kappa shape index (κ3) is 4.16. The minimum absolute atomic E-state index is 0.142. The van der Waals surface area contributed by atoms with E-state index >= 15 is 0 Å². The largest absolute Gasteiger partial charge is 0.463 e. The van der Waals surface area contributed by atoms with Gasteiger partial charge in [0.25, 0.3) is 5.91 Å². The summed E-state index contributed by atoms with van der Waals surface area (Å²) in [5, 5.41) is 11.5. The summed E-state index contributed by atoms with van der Waals surface area (Å²) >= 11 is 3.22. The SMILES string of the molecule is CCOC(=O)C(O)NC(=O)c1cccc(Br)c1. The molecule has 0 saturated heterocycles. The van der Waals surface area contributed by atoms with Gasteiger partial charge in [0, 0.05) is 10.0 Å². The van der Waals surface area contributed by atoms with Gasteiger partial charge in [-0.15, -0.1) is 0 Å². The van der Waals surface area contributed by atoms with E-state index in [1.165, 1.54) is 0 Å². The van der Waals surface area contributed by atoms with Gasteiger partial charge in [-0.1, -0.05) is 22.0 Å². The van der Waals surface area contributed by atoms with Crippen LogP contribution in [0, 0.1) is 0 Å². The first-order valence-electron chi connectivity index (χ1n) is 4.95. The van der Waals surface area contributed by atoms with Crippen molar-refractivity contribution >= 4 is 27.8 Å². The van der Waals surface area contributed by atoms with Gasteiger partial charge in [-0.25, -0.2) is 4.79 Å². The van der Waals surface area contributed by atoms with Crippen LogP contribution in [0.15, 0.2) is 28.7 Å². The Kier molecular flexibility index (Phi) is 5.11. The van der Waals surface area contributed by atoms with Gasteiger partial charge in [-0.2, -0.15) is 0 Å². The third-order valence-corrected chi connectivity index (χ3v) is 2.36. The number of hydrogen-bond donors (Lipinski definition) is 2. The maximum atomic E-state index is 11.6. The van der Waals surface area contributed by atoms with E-state index in [0.717, 1.165) is 4.47 Å². The molecule has 1 amide bonds. The molecule has 0 aliphatic carbocycles. The van der Waals surface area contributed by atoms with Crippen LogP contribution in [0.2, 0.25) is 0 Å². The highest BCUT2D eigenvalue weighted by Crippen LogP contribution is 2.11. The molecule has 17 heavy (non-hydrogen) atoms. The number of rotatable bonds is 4. The zero-order valence-corrected chi connectivity index (χ0v) is 10.7. The van der Waals surface area contributed by atoms with Gasteiger partial charge in [0.1, 0.15) is 0 Å². The first-order chi connectivity index (χ1) is 8.04. The molecule has 0 fully saturated rings. The van der Waals surface area contributed by atoms with Crippen LogP contribution in [-0.4, -0.2) is 29.8 Å². The third-order valence-electron chi connectivity index (χ3n) is 1.86. The molecule has 0 aliphatic rings. The monoisotopic (exact) mass is 301 g/mol. The minimum Gasteiger partial charge on any atom is -0.463 e. The first kappa shape index (κ1) is 13.7. The molecule has 6 heteroatoms. The summed E-state index contributed by atoms with van der Waals surface area (Å²) in [7, 11) is 0. The van der Waals surface area contributed by atoms with Gasteiger partial charge in [0.15, 0.2) is 0 Å². The van der Waals surface area contributed by atoms with E-state index in [9.17, 15) is 14.7 Å². The lowest BCUT2D eigenvalue weighted by Gasteiger charge is -2.11. The first-order valence-corrected chi connectivity index (χ1v) is 5.75. The van der Waals surface area contributed by atoms with E-state index in [-0.39, 0.29) is 6.61 Å². The maximum absolute atomic E-state index is 11.6. The van der Waals surface area contributed by atoms with Gasteiger partial charge in [0.2, 0.25) is 6.23 Å². The number of carbonyl (C=O) groups excluding carboxylic acids is 2. The normalized spacial score (nSPS) is 11.7. The van der Waals surface area contributed by atoms with Gasteiger partial charge >= 0.3 is 5.97 Å². The number of carbonyl (C=O) groups is 2. The maximum Gasteiger partial charge on any atom is 0.356 e. The topological polar surface area (TPSA) is 75.6 Å². The Bertz CT molecular complexity index is 422. The fraction of sp³-hybridized carbons (Fsp3) is 0.273. The molecule has 1 aromatic rings. The van der Waals surface area contributed by atoms with Crippen molar-refractivity contribution in [2.24, 2.45) is 0 Å². The summed E-state index contributed by atoms with van der Waals surface area (Å²) in [4.78, 5) is 22.7. The molecule has 1 aromatic carbocycles. The van der Waals surface area contributed by atoms with Gasteiger partial charge < -0.3 is 15.2 Å². The average molecular weight is 302 g/mol. The van der Waals surface area contributed by atoms with Crippen LogP contribution in [0.25, 0.3) is 0 Å². The van der Waals surface area contributed by atoms with E-state index in [2.05, 4.69) is 26.0 Å². The summed E-state index contributed by atoms with van der Waals surface area (Å²) < 4.78 is 5.28. The van der Waals surface area contributed by atoms with E-state index in [4.69, 9.17) is 0 Å². The standard InChI is InChI=1S/C11H12BrNO4/c1-2-17-11(16)10(15)13-9(14)7-4-3-5-8(12)6-7/h3-6,10,15H,2H2,1H3,(H,13,14). The Morgan fingerprint density at radius 2 is 2.24 bits per heavy atom.